The smallest absolute Gasteiger partial charge is 0.00333 e. The molecule has 0 bridgehead atoms. The summed E-state index contributed by atoms with van der Waals surface area (Å²) in [6.45, 7) is 13.5. The molecule has 0 N–H and O–H groups in total. The van der Waals surface area contributed by atoms with Crippen LogP contribution in [0.4, 0.5) is 0 Å². The molecule has 1 unspecified atom stereocenters. The zero-order valence-electron chi connectivity index (χ0n) is 11.9. The second-order valence-electron chi connectivity index (χ2n) is 6.45. The molecule has 0 aliphatic carbocycles. The number of unbranched alkanes of at least 4 members (excludes halogenated alkanes) is 1. The van der Waals surface area contributed by atoms with Gasteiger partial charge in [0.1, 0.15) is 0 Å². The Morgan fingerprint density at radius 2 is 1.88 bits per heavy atom. The van der Waals surface area contributed by atoms with Crippen LogP contribution in [-0.2, 0) is 0 Å². The molecule has 0 aromatic rings. The standard InChI is InChI=1S/C15H31N/c1-5-7-9-14(8-6-2)12-16-11-10-15(3,4)13-16/h14H,5-13H2,1-4H3. The minimum atomic E-state index is 0.571. The molecule has 1 fully saturated rings. The van der Waals surface area contributed by atoms with E-state index in [0.29, 0.717) is 5.41 Å². The Morgan fingerprint density at radius 1 is 1.12 bits per heavy atom. The summed E-state index contributed by atoms with van der Waals surface area (Å²) >= 11 is 0. The second kappa shape index (κ2) is 6.64. The van der Waals surface area contributed by atoms with E-state index in [4.69, 9.17) is 0 Å². The van der Waals surface area contributed by atoms with Crippen molar-refractivity contribution in [2.24, 2.45) is 11.3 Å². The third-order valence-corrected chi connectivity index (χ3v) is 3.94. The molecule has 1 atom stereocenters. The topological polar surface area (TPSA) is 3.24 Å². The number of rotatable bonds is 7. The Hall–Kier alpha value is -0.0400. The van der Waals surface area contributed by atoms with E-state index < -0.39 is 0 Å². The van der Waals surface area contributed by atoms with Crippen LogP contribution in [0.25, 0.3) is 0 Å². The van der Waals surface area contributed by atoms with Gasteiger partial charge in [-0.15, -0.1) is 0 Å². The third kappa shape index (κ3) is 4.86. The van der Waals surface area contributed by atoms with E-state index in [1.165, 1.54) is 58.2 Å². The first-order valence-electron chi connectivity index (χ1n) is 7.29. The Labute approximate surface area is 103 Å². The van der Waals surface area contributed by atoms with Crippen LogP contribution in [0.1, 0.15) is 66.2 Å². The van der Waals surface area contributed by atoms with Gasteiger partial charge in [0.25, 0.3) is 0 Å². The molecule has 96 valence electrons. The van der Waals surface area contributed by atoms with Gasteiger partial charge in [-0.2, -0.15) is 0 Å². The fourth-order valence-corrected chi connectivity index (χ4v) is 2.97. The van der Waals surface area contributed by atoms with Crippen molar-refractivity contribution in [2.45, 2.75) is 66.2 Å². The first-order chi connectivity index (χ1) is 7.57. The Kier molecular flexibility index (Phi) is 5.82. The largest absolute Gasteiger partial charge is 0.303 e. The maximum absolute atomic E-state index is 2.70. The molecule has 0 saturated carbocycles. The van der Waals surface area contributed by atoms with E-state index >= 15 is 0 Å². The van der Waals surface area contributed by atoms with Crippen molar-refractivity contribution in [3.05, 3.63) is 0 Å². The number of nitrogens with zero attached hydrogens (tertiary/aromatic N) is 1. The van der Waals surface area contributed by atoms with Crippen LogP contribution < -0.4 is 0 Å². The van der Waals surface area contributed by atoms with Crippen molar-refractivity contribution < 1.29 is 0 Å². The van der Waals surface area contributed by atoms with E-state index in [1.807, 2.05) is 0 Å². The predicted molar refractivity (Wildman–Crippen MR) is 72.8 cm³/mol. The Bertz CT molecular complexity index is 186. The normalized spacial score (nSPS) is 22.5. The van der Waals surface area contributed by atoms with Gasteiger partial charge in [-0.05, 0) is 37.1 Å². The lowest BCUT2D eigenvalue weighted by molar-refractivity contribution is 0.232. The molecule has 1 heterocycles. The Balaban J connectivity index is 2.31. The van der Waals surface area contributed by atoms with Crippen LogP contribution in [0.15, 0.2) is 0 Å². The molecule has 1 saturated heterocycles. The average molecular weight is 225 g/mol. The molecular weight excluding hydrogens is 194 g/mol. The van der Waals surface area contributed by atoms with Gasteiger partial charge >= 0.3 is 0 Å². The molecule has 1 aliphatic rings. The van der Waals surface area contributed by atoms with Crippen LogP contribution in [0, 0.1) is 11.3 Å². The van der Waals surface area contributed by atoms with E-state index in [0.717, 1.165) is 5.92 Å². The summed E-state index contributed by atoms with van der Waals surface area (Å²) in [6.07, 6.45) is 8.39. The summed E-state index contributed by atoms with van der Waals surface area (Å²) in [5.41, 5.74) is 0.571. The van der Waals surface area contributed by atoms with Crippen LogP contribution in [0.2, 0.25) is 0 Å². The molecule has 0 aromatic heterocycles. The molecular formula is C15H31N. The van der Waals surface area contributed by atoms with Gasteiger partial charge in [0, 0.05) is 13.1 Å². The first-order valence-corrected chi connectivity index (χ1v) is 7.29. The fourth-order valence-electron chi connectivity index (χ4n) is 2.97. The molecule has 0 aromatic carbocycles. The summed E-state index contributed by atoms with van der Waals surface area (Å²) in [6, 6.07) is 0. The summed E-state index contributed by atoms with van der Waals surface area (Å²) in [4.78, 5) is 2.70. The summed E-state index contributed by atoms with van der Waals surface area (Å²) in [5.74, 6) is 0.957. The van der Waals surface area contributed by atoms with Crippen LogP contribution >= 0.6 is 0 Å². The molecule has 0 amide bonds. The molecule has 16 heavy (non-hydrogen) atoms. The van der Waals surface area contributed by atoms with Crippen LogP contribution in [0.3, 0.4) is 0 Å². The van der Waals surface area contributed by atoms with Gasteiger partial charge < -0.3 is 4.90 Å². The SMILES string of the molecule is CCCCC(CCC)CN1CCC(C)(C)C1. The predicted octanol–water partition coefficient (Wildman–Crippen LogP) is 4.32. The van der Waals surface area contributed by atoms with Crippen molar-refractivity contribution in [1.29, 1.82) is 0 Å². The van der Waals surface area contributed by atoms with Crippen molar-refractivity contribution in [2.75, 3.05) is 19.6 Å². The van der Waals surface area contributed by atoms with Gasteiger partial charge in [0.05, 0.1) is 0 Å². The van der Waals surface area contributed by atoms with Gasteiger partial charge in [-0.3, -0.25) is 0 Å². The lowest BCUT2D eigenvalue weighted by atomic mass is 9.93. The van der Waals surface area contributed by atoms with Crippen molar-refractivity contribution in [1.82, 2.24) is 4.90 Å². The second-order valence-corrected chi connectivity index (χ2v) is 6.45. The van der Waals surface area contributed by atoms with Gasteiger partial charge in [-0.1, -0.05) is 47.0 Å². The van der Waals surface area contributed by atoms with Crippen LogP contribution in [-0.4, -0.2) is 24.5 Å². The minimum Gasteiger partial charge on any atom is -0.303 e. The highest BCUT2D eigenvalue weighted by Gasteiger charge is 2.29. The monoisotopic (exact) mass is 225 g/mol. The highest BCUT2D eigenvalue weighted by molar-refractivity contribution is 4.83. The maximum atomic E-state index is 2.70. The number of hydrogen-bond donors (Lipinski definition) is 0. The number of likely N-dealkylation sites (tertiary alicyclic amines) is 1. The average Bonchev–Trinajstić information content (AvgIpc) is 2.55. The molecule has 1 rings (SSSR count). The maximum Gasteiger partial charge on any atom is 0.00333 e. The molecule has 1 aliphatic heterocycles. The third-order valence-electron chi connectivity index (χ3n) is 3.94. The first kappa shape index (κ1) is 14.0. The van der Waals surface area contributed by atoms with E-state index in [2.05, 4.69) is 32.6 Å². The zero-order chi connectivity index (χ0) is 12.0. The highest BCUT2D eigenvalue weighted by Crippen LogP contribution is 2.30. The van der Waals surface area contributed by atoms with E-state index in [1.54, 1.807) is 0 Å². The van der Waals surface area contributed by atoms with Gasteiger partial charge in [0.2, 0.25) is 0 Å². The van der Waals surface area contributed by atoms with Crippen molar-refractivity contribution >= 4 is 0 Å². The fraction of sp³-hybridized carbons (Fsp3) is 1.00. The summed E-state index contributed by atoms with van der Waals surface area (Å²) < 4.78 is 0. The summed E-state index contributed by atoms with van der Waals surface area (Å²) in [7, 11) is 0. The minimum absolute atomic E-state index is 0.571. The lowest BCUT2D eigenvalue weighted by Gasteiger charge is -2.25. The van der Waals surface area contributed by atoms with Crippen LogP contribution in [0.5, 0.6) is 0 Å². The van der Waals surface area contributed by atoms with Gasteiger partial charge in [-0.25, -0.2) is 0 Å². The molecule has 0 spiro atoms. The van der Waals surface area contributed by atoms with Crippen molar-refractivity contribution in [3.63, 3.8) is 0 Å². The Morgan fingerprint density at radius 3 is 2.38 bits per heavy atom. The summed E-state index contributed by atoms with van der Waals surface area (Å²) in [5, 5.41) is 0. The zero-order valence-corrected chi connectivity index (χ0v) is 11.9. The van der Waals surface area contributed by atoms with Gasteiger partial charge in [0.15, 0.2) is 0 Å². The molecule has 1 nitrogen and oxygen atoms in total. The number of hydrogen-bond acceptors (Lipinski definition) is 1. The molecule has 0 radical (unpaired) electrons. The highest BCUT2D eigenvalue weighted by atomic mass is 15.2. The quantitative estimate of drug-likeness (QED) is 0.623. The van der Waals surface area contributed by atoms with E-state index in [9.17, 15) is 0 Å². The molecule has 1 heteroatoms. The lowest BCUT2D eigenvalue weighted by Crippen LogP contribution is -2.29. The van der Waals surface area contributed by atoms with Crippen molar-refractivity contribution in [3.8, 4) is 0 Å². The van der Waals surface area contributed by atoms with E-state index in [-0.39, 0.29) is 0 Å².